The lowest BCUT2D eigenvalue weighted by Gasteiger charge is -2.12. The maximum Gasteiger partial charge on any atom is 0.338 e. The molecule has 0 saturated heterocycles. The van der Waals surface area contributed by atoms with Crippen LogP contribution in [0.3, 0.4) is 0 Å². The van der Waals surface area contributed by atoms with Crippen molar-refractivity contribution in [3.63, 3.8) is 0 Å². The molecule has 0 bridgehead atoms. The van der Waals surface area contributed by atoms with Gasteiger partial charge >= 0.3 is 11.9 Å². The molecule has 1 amide bonds. The zero-order valence-corrected chi connectivity index (χ0v) is 16.6. The van der Waals surface area contributed by atoms with Gasteiger partial charge in [0.1, 0.15) is 5.75 Å². The molecule has 154 valence electrons. The van der Waals surface area contributed by atoms with Crippen LogP contribution in [0, 0.1) is 0 Å². The van der Waals surface area contributed by atoms with Crippen molar-refractivity contribution >= 4 is 29.2 Å². The number of hydrogen-bond acceptors (Lipinski definition) is 7. The molecule has 8 nitrogen and oxygen atoms in total. The average molecular weight is 400 g/mol. The van der Waals surface area contributed by atoms with Crippen molar-refractivity contribution in [3.05, 3.63) is 53.6 Å². The molecular weight excluding hydrogens is 376 g/mol. The van der Waals surface area contributed by atoms with Gasteiger partial charge in [0.2, 0.25) is 5.91 Å². The quantitative estimate of drug-likeness (QED) is 0.624. The van der Waals surface area contributed by atoms with Gasteiger partial charge in [0.25, 0.3) is 0 Å². The van der Waals surface area contributed by atoms with Crippen LogP contribution in [-0.4, -0.2) is 44.7 Å². The third-order valence-corrected chi connectivity index (χ3v) is 3.79. The highest BCUT2D eigenvalue weighted by Crippen LogP contribution is 2.23. The summed E-state index contributed by atoms with van der Waals surface area (Å²) in [6, 6.07) is 11.4. The van der Waals surface area contributed by atoms with E-state index >= 15 is 0 Å². The fourth-order valence-corrected chi connectivity index (χ4v) is 2.52. The maximum atomic E-state index is 12.3. The maximum absolute atomic E-state index is 12.3. The van der Waals surface area contributed by atoms with Crippen molar-refractivity contribution in [2.45, 2.75) is 13.8 Å². The monoisotopic (exact) mass is 400 g/mol. The molecule has 8 heteroatoms. The topological polar surface area (TPSA) is 103 Å². The molecule has 29 heavy (non-hydrogen) atoms. The minimum absolute atomic E-state index is 0.0907. The molecule has 0 radical (unpaired) electrons. The smallest absolute Gasteiger partial charge is 0.338 e. The molecule has 0 fully saturated rings. The summed E-state index contributed by atoms with van der Waals surface area (Å²) in [4.78, 5) is 36.5. The second-order valence-corrected chi connectivity index (χ2v) is 5.84. The molecule has 0 unspecified atom stereocenters. The molecule has 0 aliphatic heterocycles. The molecule has 0 heterocycles. The van der Waals surface area contributed by atoms with Gasteiger partial charge in [-0.2, -0.15) is 0 Å². The van der Waals surface area contributed by atoms with Gasteiger partial charge in [0, 0.05) is 5.69 Å². The largest absolute Gasteiger partial charge is 0.495 e. The Morgan fingerprint density at radius 3 is 2.03 bits per heavy atom. The highest BCUT2D eigenvalue weighted by Gasteiger charge is 2.15. The first-order valence-corrected chi connectivity index (χ1v) is 9.14. The second-order valence-electron chi connectivity index (χ2n) is 5.84. The van der Waals surface area contributed by atoms with Gasteiger partial charge in [0.15, 0.2) is 0 Å². The molecule has 0 spiro atoms. The van der Waals surface area contributed by atoms with E-state index in [0.717, 1.165) is 0 Å². The first-order chi connectivity index (χ1) is 14.0. The van der Waals surface area contributed by atoms with Crippen molar-refractivity contribution < 1.29 is 28.6 Å². The highest BCUT2D eigenvalue weighted by molar-refractivity contribution is 5.98. The van der Waals surface area contributed by atoms with Crippen molar-refractivity contribution in [1.29, 1.82) is 0 Å². The third kappa shape index (κ3) is 6.24. The second kappa shape index (κ2) is 10.7. The SMILES string of the molecule is CCOC(=O)c1cc(NCC(=O)Nc2ccccc2OC)cc(C(=O)OCC)c1. The Kier molecular flexibility index (Phi) is 8.02. The van der Waals surface area contributed by atoms with Crippen molar-refractivity contribution in [3.8, 4) is 5.75 Å². The van der Waals surface area contributed by atoms with E-state index in [9.17, 15) is 14.4 Å². The van der Waals surface area contributed by atoms with Gasteiger partial charge in [-0.3, -0.25) is 4.79 Å². The predicted molar refractivity (Wildman–Crippen MR) is 108 cm³/mol. The van der Waals surface area contributed by atoms with Crippen LogP contribution in [0.25, 0.3) is 0 Å². The molecule has 2 rings (SSSR count). The normalized spacial score (nSPS) is 10.0. The van der Waals surface area contributed by atoms with E-state index < -0.39 is 11.9 Å². The number of carbonyl (C=O) groups excluding carboxylic acids is 3. The Balaban J connectivity index is 2.14. The Morgan fingerprint density at radius 1 is 0.897 bits per heavy atom. The lowest BCUT2D eigenvalue weighted by Crippen LogP contribution is -2.22. The highest BCUT2D eigenvalue weighted by atomic mass is 16.5. The lowest BCUT2D eigenvalue weighted by molar-refractivity contribution is -0.114. The van der Waals surface area contributed by atoms with Crippen LogP contribution < -0.4 is 15.4 Å². The Hall–Kier alpha value is -3.55. The molecule has 0 aromatic heterocycles. The van der Waals surface area contributed by atoms with Crippen LogP contribution in [0.1, 0.15) is 34.6 Å². The van der Waals surface area contributed by atoms with Crippen molar-refractivity contribution in [2.75, 3.05) is 37.5 Å². The van der Waals surface area contributed by atoms with Crippen LogP contribution in [0.5, 0.6) is 5.75 Å². The fourth-order valence-electron chi connectivity index (χ4n) is 2.52. The van der Waals surface area contributed by atoms with Gasteiger partial charge in [-0.25, -0.2) is 9.59 Å². The first kappa shape index (κ1) is 21.7. The van der Waals surface area contributed by atoms with E-state index in [1.54, 1.807) is 38.1 Å². The van der Waals surface area contributed by atoms with E-state index in [1.165, 1.54) is 25.3 Å². The number of rotatable bonds is 9. The van der Waals surface area contributed by atoms with Crippen LogP contribution >= 0.6 is 0 Å². The fraction of sp³-hybridized carbons (Fsp3) is 0.286. The van der Waals surface area contributed by atoms with Gasteiger partial charge in [0.05, 0.1) is 43.7 Å². The number of amides is 1. The van der Waals surface area contributed by atoms with Gasteiger partial charge in [-0.05, 0) is 44.2 Å². The van der Waals surface area contributed by atoms with Crippen LogP contribution in [0.15, 0.2) is 42.5 Å². The summed E-state index contributed by atoms with van der Waals surface area (Å²) >= 11 is 0. The summed E-state index contributed by atoms with van der Waals surface area (Å²) in [5, 5.41) is 5.65. The number of carbonyl (C=O) groups is 3. The summed E-state index contributed by atoms with van der Waals surface area (Å²) in [5.74, 6) is -0.927. The van der Waals surface area contributed by atoms with E-state index in [4.69, 9.17) is 14.2 Å². The van der Waals surface area contributed by atoms with E-state index in [-0.39, 0.29) is 36.8 Å². The van der Waals surface area contributed by atoms with Crippen LogP contribution in [-0.2, 0) is 14.3 Å². The molecule has 0 atom stereocenters. The van der Waals surface area contributed by atoms with Gasteiger partial charge < -0.3 is 24.8 Å². The number of para-hydroxylation sites is 2. The minimum Gasteiger partial charge on any atom is -0.495 e. The van der Waals surface area contributed by atoms with Crippen molar-refractivity contribution in [1.82, 2.24) is 0 Å². The molecule has 0 saturated carbocycles. The van der Waals surface area contributed by atoms with Crippen LogP contribution in [0.2, 0.25) is 0 Å². The zero-order valence-electron chi connectivity index (χ0n) is 16.6. The Morgan fingerprint density at radius 2 is 1.48 bits per heavy atom. The van der Waals surface area contributed by atoms with Gasteiger partial charge in [-0.15, -0.1) is 0 Å². The standard InChI is InChI=1S/C21H24N2O6/c1-4-28-20(25)14-10-15(21(26)29-5-2)12-16(11-14)22-13-19(24)23-17-8-6-7-9-18(17)27-3/h6-12,22H,4-5,13H2,1-3H3,(H,23,24). The third-order valence-electron chi connectivity index (χ3n) is 3.79. The number of hydrogen-bond donors (Lipinski definition) is 2. The number of esters is 2. The Labute approximate surface area is 169 Å². The summed E-state index contributed by atoms with van der Waals surface area (Å²) in [5.41, 5.74) is 1.32. The lowest BCUT2D eigenvalue weighted by atomic mass is 10.1. The zero-order chi connectivity index (χ0) is 21.2. The average Bonchev–Trinajstić information content (AvgIpc) is 2.72. The number of ether oxygens (including phenoxy) is 3. The molecule has 2 N–H and O–H groups in total. The minimum atomic E-state index is -0.569. The molecule has 0 aliphatic rings. The molecule has 2 aromatic rings. The summed E-state index contributed by atoms with van der Waals surface area (Å²) < 4.78 is 15.2. The number of benzene rings is 2. The first-order valence-electron chi connectivity index (χ1n) is 9.14. The number of nitrogens with one attached hydrogen (secondary N) is 2. The molecule has 0 aliphatic carbocycles. The van der Waals surface area contributed by atoms with Gasteiger partial charge in [-0.1, -0.05) is 12.1 Å². The number of anilines is 2. The van der Waals surface area contributed by atoms with E-state index in [2.05, 4.69) is 10.6 Å². The summed E-state index contributed by atoms with van der Waals surface area (Å²) in [6.07, 6.45) is 0. The molecule has 2 aromatic carbocycles. The molecular formula is C21H24N2O6. The number of methoxy groups -OCH3 is 1. The summed E-state index contributed by atoms with van der Waals surface area (Å²) in [7, 11) is 1.51. The Bertz CT molecular complexity index is 845. The van der Waals surface area contributed by atoms with E-state index in [0.29, 0.717) is 17.1 Å². The van der Waals surface area contributed by atoms with E-state index in [1.807, 2.05) is 0 Å². The predicted octanol–water partition coefficient (Wildman–Crippen LogP) is 3.10. The van der Waals surface area contributed by atoms with Crippen LogP contribution in [0.4, 0.5) is 11.4 Å². The summed E-state index contributed by atoms with van der Waals surface area (Å²) in [6.45, 7) is 3.69. The van der Waals surface area contributed by atoms with Crippen molar-refractivity contribution in [2.24, 2.45) is 0 Å².